The third-order valence-electron chi connectivity index (χ3n) is 1.16. The molecule has 0 saturated carbocycles. The van der Waals surface area contributed by atoms with E-state index in [1.807, 2.05) is 12.2 Å². The van der Waals surface area contributed by atoms with Crippen molar-refractivity contribution in [3.8, 4) is 0 Å². The minimum Gasteiger partial charge on any atom is -0.111 e. The van der Waals surface area contributed by atoms with Crippen LogP contribution in [0.1, 0.15) is 0 Å². The molecule has 40 valence electrons. The van der Waals surface area contributed by atoms with Crippen LogP contribution in [0.15, 0.2) is 36.3 Å². The van der Waals surface area contributed by atoms with Crippen molar-refractivity contribution in [3.05, 3.63) is 36.3 Å². The summed E-state index contributed by atoms with van der Waals surface area (Å²) in [4.78, 5) is 0. The third-order valence-corrected chi connectivity index (χ3v) is 1.16. The minimum absolute atomic E-state index is 0.602. The van der Waals surface area contributed by atoms with Crippen LogP contribution in [-0.2, 0) is 0 Å². The first kappa shape index (κ1) is 5.42. The van der Waals surface area contributed by atoms with E-state index in [4.69, 9.17) is 0 Å². The lowest BCUT2D eigenvalue weighted by Crippen LogP contribution is -1.94. The van der Waals surface area contributed by atoms with Crippen molar-refractivity contribution < 1.29 is 0 Å². The highest BCUT2D eigenvalue weighted by Crippen LogP contribution is 1.93. The van der Waals surface area contributed by atoms with E-state index in [9.17, 15) is 0 Å². The Morgan fingerprint density at radius 1 is 0.875 bits per heavy atom. The van der Waals surface area contributed by atoms with E-state index >= 15 is 0 Å². The maximum Gasteiger partial charge on any atom is 0.188 e. The molecular formula is C7H9B. The summed E-state index contributed by atoms with van der Waals surface area (Å²) in [6.45, 7) is 2.77. The topological polar surface area (TPSA) is 0 Å². The summed E-state index contributed by atoms with van der Waals surface area (Å²) in [5, 5.41) is 0. The molecule has 1 aliphatic rings. The first-order chi connectivity index (χ1) is 3.89. The molecule has 1 aliphatic heterocycles. The molecule has 0 aromatic rings. The monoisotopic (exact) mass is 104 g/mol. The molecule has 0 spiro atoms. The molecule has 1 heteroatoms. The summed E-state index contributed by atoms with van der Waals surface area (Å²) in [7, 11) is 0. The fraction of sp³-hybridized carbons (Fsp3) is 0.143. The van der Waals surface area contributed by atoms with Crippen molar-refractivity contribution in [2.75, 3.05) is 0 Å². The maximum atomic E-state index is 2.17. The Bertz CT molecular complexity index is 126. The van der Waals surface area contributed by atoms with Crippen LogP contribution in [0.4, 0.5) is 0 Å². The molecule has 0 aliphatic carbocycles. The molecule has 0 N–H and O–H groups in total. The lowest BCUT2D eigenvalue weighted by atomic mass is 9.52. The van der Waals surface area contributed by atoms with Gasteiger partial charge >= 0.3 is 0 Å². The van der Waals surface area contributed by atoms with Crippen molar-refractivity contribution >= 4 is 6.71 Å². The van der Waals surface area contributed by atoms with E-state index in [0.717, 1.165) is 0 Å². The van der Waals surface area contributed by atoms with Gasteiger partial charge in [0.05, 0.1) is 0 Å². The molecule has 8 heavy (non-hydrogen) atoms. The zero-order chi connectivity index (χ0) is 5.82. The molecule has 0 bridgehead atoms. The van der Waals surface area contributed by atoms with Crippen LogP contribution in [0.5, 0.6) is 0 Å². The molecule has 0 fully saturated rings. The van der Waals surface area contributed by atoms with Crippen molar-refractivity contribution in [1.82, 2.24) is 0 Å². The Morgan fingerprint density at radius 2 is 1.38 bits per heavy atom. The van der Waals surface area contributed by atoms with E-state index in [1.165, 1.54) is 0 Å². The van der Waals surface area contributed by atoms with Gasteiger partial charge in [0.15, 0.2) is 6.71 Å². The van der Waals surface area contributed by atoms with Crippen LogP contribution in [0, 0.1) is 0 Å². The summed E-state index contributed by atoms with van der Waals surface area (Å²) in [5.41, 5.74) is 0. The van der Waals surface area contributed by atoms with Crippen LogP contribution in [0.25, 0.3) is 0 Å². The second-order valence-electron chi connectivity index (χ2n) is 2.01. The van der Waals surface area contributed by atoms with Crippen molar-refractivity contribution in [2.24, 2.45) is 0 Å². The van der Waals surface area contributed by atoms with E-state index in [2.05, 4.69) is 30.9 Å². The summed E-state index contributed by atoms with van der Waals surface area (Å²) >= 11 is 0. The Balaban J connectivity index is 2.66. The first-order valence-corrected chi connectivity index (χ1v) is 2.91. The van der Waals surface area contributed by atoms with Gasteiger partial charge in [-0.3, -0.25) is 0 Å². The lowest BCUT2D eigenvalue weighted by molar-refractivity contribution is 1.98. The molecule has 0 atom stereocenters. The van der Waals surface area contributed by atoms with Crippen LogP contribution in [0.2, 0.25) is 6.82 Å². The van der Waals surface area contributed by atoms with Crippen molar-refractivity contribution in [1.29, 1.82) is 0 Å². The molecule has 0 saturated heterocycles. The molecule has 0 nitrogen and oxygen atoms in total. The van der Waals surface area contributed by atoms with Crippen LogP contribution in [-0.4, -0.2) is 6.71 Å². The number of hydrogen-bond donors (Lipinski definition) is 0. The van der Waals surface area contributed by atoms with Gasteiger partial charge in [0.2, 0.25) is 0 Å². The van der Waals surface area contributed by atoms with Crippen LogP contribution >= 0.6 is 0 Å². The molecule has 0 unspecified atom stereocenters. The molecule has 0 radical (unpaired) electrons. The predicted octanol–water partition coefficient (Wildman–Crippen LogP) is 1.87. The lowest BCUT2D eigenvalue weighted by Gasteiger charge is -1.84. The smallest absolute Gasteiger partial charge is 0.111 e. The quantitative estimate of drug-likeness (QED) is 0.411. The van der Waals surface area contributed by atoms with E-state index < -0.39 is 0 Å². The summed E-state index contributed by atoms with van der Waals surface area (Å²) in [6, 6.07) is 0. The van der Waals surface area contributed by atoms with Gasteiger partial charge in [0.1, 0.15) is 0 Å². The van der Waals surface area contributed by atoms with E-state index in [1.54, 1.807) is 0 Å². The van der Waals surface area contributed by atoms with Gasteiger partial charge in [-0.25, -0.2) is 0 Å². The maximum absolute atomic E-state index is 2.17. The average molecular weight is 104 g/mol. The SMILES string of the molecule is CB1C=CC=CC=C1. The molecule has 1 rings (SSSR count). The summed E-state index contributed by atoms with van der Waals surface area (Å²) < 4.78 is 0. The summed E-state index contributed by atoms with van der Waals surface area (Å²) in [5.74, 6) is 4.33. The second kappa shape index (κ2) is 2.56. The first-order valence-electron chi connectivity index (χ1n) is 2.91. The number of allylic oxidation sites excluding steroid dienone is 4. The zero-order valence-electron chi connectivity index (χ0n) is 5.04. The fourth-order valence-electron chi connectivity index (χ4n) is 0.671. The van der Waals surface area contributed by atoms with Crippen molar-refractivity contribution in [3.63, 3.8) is 0 Å². The molecular weight excluding hydrogens is 94.9 g/mol. The Morgan fingerprint density at radius 3 is 1.88 bits per heavy atom. The zero-order valence-corrected chi connectivity index (χ0v) is 5.04. The van der Waals surface area contributed by atoms with E-state index in [-0.39, 0.29) is 0 Å². The van der Waals surface area contributed by atoms with Crippen molar-refractivity contribution in [2.45, 2.75) is 6.82 Å². The average Bonchev–Trinajstić information content (AvgIpc) is 1.94. The highest BCUT2D eigenvalue weighted by Gasteiger charge is 1.93. The molecule has 0 aromatic carbocycles. The van der Waals surface area contributed by atoms with Gasteiger partial charge in [-0.05, 0) is 0 Å². The normalized spacial score (nSPS) is 16.9. The Kier molecular flexibility index (Phi) is 1.73. The summed E-state index contributed by atoms with van der Waals surface area (Å²) in [6.07, 6.45) is 8.23. The number of hydrogen-bond acceptors (Lipinski definition) is 0. The Labute approximate surface area is 50.7 Å². The van der Waals surface area contributed by atoms with Gasteiger partial charge in [-0.1, -0.05) is 31.1 Å². The van der Waals surface area contributed by atoms with Crippen LogP contribution in [0.3, 0.4) is 0 Å². The largest absolute Gasteiger partial charge is 0.188 e. The third kappa shape index (κ3) is 1.41. The highest BCUT2D eigenvalue weighted by molar-refractivity contribution is 6.68. The fourth-order valence-corrected chi connectivity index (χ4v) is 0.671. The van der Waals surface area contributed by atoms with Gasteiger partial charge in [0, 0.05) is 0 Å². The standard InChI is InChI=1S/C7H9B/c1-8-6-4-2-3-5-7-8/h2-7H,1H3. The molecule has 0 aromatic heterocycles. The van der Waals surface area contributed by atoms with Gasteiger partial charge in [-0.15, -0.1) is 12.0 Å². The van der Waals surface area contributed by atoms with Gasteiger partial charge in [-0.2, -0.15) is 0 Å². The van der Waals surface area contributed by atoms with Gasteiger partial charge in [0.25, 0.3) is 0 Å². The van der Waals surface area contributed by atoms with E-state index in [0.29, 0.717) is 6.71 Å². The van der Waals surface area contributed by atoms with Crippen LogP contribution < -0.4 is 0 Å². The molecule has 1 heterocycles. The number of rotatable bonds is 0. The van der Waals surface area contributed by atoms with Gasteiger partial charge < -0.3 is 0 Å². The second-order valence-corrected chi connectivity index (χ2v) is 2.01. The minimum atomic E-state index is 0.602. The highest BCUT2D eigenvalue weighted by atomic mass is 13.7. The Hall–Kier alpha value is -0.715. The molecule has 0 amide bonds. The predicted molar refractivity (Wildman–Crippen MR) is 39.0 cm³/mol.